The monoisotopic (exact) mass is 494 g/mol. The zero-order valence-corrected chi connectivity index (χ0v) is 18.3. The maximum Gasteiger partial charge on any atom is 0.339 e. The number of benzene rings is 3. The fraction of sp³-hybridized carbons (Fsp3) is 0.0417. The van der Waals surface area contributed by atoms with Gasteiger partial charge in [-0.3, -0.25) is 24.6 Å². The Bertz CT molecular complexity index is 1410. The van der Waals surface area contributed by atoms with Crippen molar-refractivity contribution in [1.29, 1.82) is 0 Å². The molecule has 0 bridgehead atoms. The molecule has 3 N–H and O–H groups in total. The highest BCUT2D eigenvalue weighted by molar-refractivity contribution is 6.51. The lowest BCUT2D eigenvalue weighted by Gasteiger charge is -2.25. The van der Waals surface area contributed by atoms with Crippen LogP contribution in [0.3, 0.4) is 0 Å². The minimum absolute atomic E-state index is 0.0409. The summed E-state index contributed by atoms with van der Waals surface area (Å²) in [4.78, 5) is 49.2. The molecule has 0 unspecified atom stereocenters. The van der Waals surface area contributed by atoms with Crippen LogP contribution in [0.2, 0.25) is 5.02 Å². The molecule has 0 aromatic heterocycles. The summed E-state index contributed by atoms with van der Waals surface area (Å²) < 4.78 is 0. The van der Waals surface area contributed by atoms with E-state index in [2.05, 4.69) is 0 Å². The van der Waals surface area contributed by atoms with Gasteiger partial charge in [0.1, 0.15) is 17.1 Å². The Morgan fingerprint density at radius 1 is 0.971 bits per heavy atom. The third-order valence-electron chi connectivity index (χ3n) is 5.47. The number of aliphatic hydroxyl groups is 1. The molecule has 1 atom stereocenters. The van der Waals surface area contributed by atoms with Crippen molar-refractivity contribution in [3.8, 4) is 5.75 Å². The maximum atomic E-state index is 13.1. The number of nitrogens with zero attached hydrogens (tertiary/aromatic N) is 2. The number of non-ortho nitro benzene ring substituents is 1. The Hall–Kier alpha value is -4.70. The molecule has 0 spiro atoms. The van der Waals surface area contributed by atoms with Crippen molar-refractivity contribution in [2.24, 2.45) is 0 Å². The first-order chi connectivity index (χ1) is 16.6. The van der Waals surface area contributed by atoms with Crippen LogP contribution in [0.5, 0.6) is 5.75 Å². The van der Waals surface area contributed by atoms with Crippen molar-refractivity contribution in [1.82, 2.24) is 0 Å². The van der Waals surface area contributed by atoms with Gasteiger partial charge in [-0.2, -0.15) is 0 Å². The number of rotatable bonds is 5. The van der Waals surface area contributed by atoms with E-state index in [9.17, 15) is 39.8 Å². The quantitative estimate of drug-likeness (QED) is 0.156. The summed E-state index contributed by atoms with van der Waals surface area (Å²) in [6.07, 6.45) is 0. The number of ketones is 1. The molecule has 3 aromatic carbocycles. The zero-order valence-electron chi connectivity index (χ0n) is 17.6. The standard InChI is InChI=1S/C24H15ClN2O8/c25-14-5-1-13(2-6-14)21(29)19-20(12-3-7-15(8-4-12)27(34)35)26(23(31)22(19)30)16-9-10-18(28)17(11-16)24(32)33/h1-11,20,28-29H,(H,32,33)/b21-19-/t20-/m1/s1. The molecule has 10 nitrogen and oxygen atoms in total. The van der Waals surface area contributed by atoms with Crippen LogP contribution in [0.4, 0.5) is 11.4 Å². The van der Waals surface area contributed by atoms with E-state index in [1.807, 2.05) is 0 Å². The minimum atomic E-state index is -1.46. The van der Waals surface area contributed by atoms with Crippen molar-refractivity contribution < 1.29 is 34.6 Å². The van der Waals surface area contributed by atoms with E-state index in [-0.39, 0.29) is 28.1 Å². The number of aliphatic hydroxyl groups excluding tert-OH is 1. The fourth-order valence-corrected chi connectivity index (χ4v) is 3.93. The fourth-order valence-electron chi connectivity index (χ4n) is 3.80. The predicted octanol–water partition coefficient (Wildman–Crippen LogP) is 4.28. The largest absolute Gasteiger partial charge is 0.507 e. The van der Waals surface area contributed by atoms with Crippen LogP contribution < -0.4 is 4.90 Å². The van der Waals surface area contributed by atoms with Gasteiger partial charge < -0.3 is 15.3 Å². The molecule has 1 heterocycles. The van der Waals surface area contributed by atoms with E-state index in [0.717, 1.165) is 17.0 Å². The minimum Gasteiger partial charge on any atom is -0.507 e. The smallest absolute Gasteiger partial charge is 0.339 e. The van der Waals surface area contributed by atoms with Crippen LogP contribution in [0.25, 0.3) is 5.76 Å². The second kappa shape index (κ2) is 8.92. The van der Waals surface area contributed by atoms with Gasteiger partial charge in [0.15, 0.2) is 0 Å². The number of hydrogen-bond acceptors (Lipinski definition) is 7. The van der Waals surface area contributed by atoms with E-state index in [4.69, 9.17) is 11.6 Å². The molecule has 35 heavy (non-hydrogen) atoms. The third-order valence-corrected chi connectivity index (χ3v) is 5.72. The number of halogens is 1. The summed E-state index contributed by atoms with van der Waals surface area (Å²) in [6.45, 7) is 0. The van der Waals surface area contributed by atoms with Gasteiger partial charge in [0, 0.05) is 28.4 Å². The molecule has 1 fully saturated rings. The number of carbonyl (C=O) groups excluding carboxylic acids is 2. The number of Topliss-reactive ketones (excluding diaryl/α,β-unsaturated/α-hetero) is 1. The average molecular weight is 495 g/mol. The molecule has 176 valence electrons. The SMILES string of the molecule is O=C1C(=O)N(c2ccc(O)c(C(=O)O)c2)[C@H](c2ccc([N+](=O)[O-])cc2)/C1=C(/O)c1ccc(Cl)cc1. The van der Waals surface area contributed by atoms with E-state index >= 15 is 0 Å². The molecule has 0 aliphatic carbocycles. The third kappa shape index (κ3) is 4.18. The molecular formula is C24H15ClN2O8. The lowest BCUT2D eigenvalue weighted by atomic mass is 9.95. The van der Waals surface area contributed by atoms with Gasteiger partial charge in [-0.25, -0.2) is 4.79 Å². The van der Waals surface area contributed by atoms with Crippen molar-refractivity contribution >= 4 is 46.4 Å². The molecule has 11 heteroatoms. The molecule has 4 rings (SSSR count). The topological polar surface area (TPSA) is 158 Å². The zero-order chi connectivity index (χ0) is 25.4. The number of anilines is 1. The number of carboxylic acids is 1. The van der Waals surface area contributed by atoms with Crippen LogP contribution in [-0.4, -0.2) is 37.9 Å². The van der Waals surface area contributed by atoms with Gasteiger partial charge in [-0.1, -0.05) is 11.6 Å². The van der Waals surface area contributed by atoms with Crippen LogP contribution in [0, 0.1) is 10.1 Å². The number of carbonyl (C=O) groups is 3. The normalized spacial score (nSPS) is 16.9. The molecule has 1 aliphatic heterocycles. The van der Waals surface area contributed by atoms with E-state index < -0.39 is 45.7 Å². The Morgan fingerprint density at radius 3 is 2.17 bits per heavy atom. The highest BCUT2D eigenvalue weighted by Gasteiger charge is 2.47. The lowest BCUT2D eigenvalue weighted by molar-refractivity contribution is -0.384. The first-order valence-corrected chi connectivity index (χ1v) is 10.4. The number of aromatic hydroxyl groups is 1. The van der Waals surface area contributed by atoms with Crippen molar-refractivity contribution in [2.45, 2.75) is 6.04 Å². The summed E-state index contributed by atoms with van der Waals surface area (Å²) in [6, 6.07) is 12.9. The molecule has 0 saturated carbocycles. The number of nitro groups is 1. The molecule has 3 aromatic rings. The van der Waals surface area contributed by atoms with Crippen LogP contribution in [-0.2, 0) is 9.59 Å². The number of phenols is 1. The highest BCUT2D eigenvalue weighted by atomic mass is 35.5. The molecular weight excluding hydrogens is 480 g/mol. The Kier molecular flexibility index (Phi) is 5.98. The van der Waals surface area contributed by atoms with Gasteiger partial charge in [0.05, 0.1) is 16.5 Å². The summed E-state index contributed by atoms with van der Waals surface area (Å²) in [5, 5.41) is 41.7. The molecule has 1 amide bonds. The summed E-state index contributed by atoms with van der Waals surface area (Å²) >= 11 is 5.90. The highest BCUT2D eigenvalue weighted by Crippen LogP contribution is 2.43. The van der Waals surface area contributed by atoms with Crippen LogP contribution in [0.15, 0.2) is 72.3 Å². The molecule has 1 aliphatic rings. The average Bonchev–Trinajstić information content (AvgIpc) is 3.09. The second-order valence-corrected chi connectivity index (χ2v) is 7.97. The van der Waals surface area contributed by atoms with Gasteiger partial charge >= 0.3 is 5.97 Å². The van der Waals surface area contributed by atoms with Gasteiger partial charge in [0.25, 0.3) is 17.4 Å². The van der Waals surface area contributed by atoms with Gasteiger partial charge in [-0.05, 0) is 60.2 Å². The van der Waals surface area contributed by atoms with Crippen LogP contribution in [0.1, 0.15) is 27.5 Å². The Labute approximate surface area is 202 Å². The van der Waals surface area contributed by atoms with E-state index in [1.165, 1.54) is 54.6 Å². The first kappa shape index (κ1) is 23.5. The van der Waals surface area contributed by atoms with Gasteiger partial charge in [0.2, 0.25) is 0 Å². The summed E-state index contributed by atoms with van der Waals surface area (Å²) in [5.41, 5.74) is -0.658. The summed E-state index contributed by atoms with van der Waals surface area (Å²) in [5.74, 6) is -4.64. The van der Waals surface area contributed by atoms with Crippen LogP contribution >= 0.6 is 11.6 Å². The number of carboxylic acid groups (broad SMARTS) is 1. The maximum absolute atomic E-state index is 13.1. The number of amides is 1. The summed E-state index contributed by atoms with van der Waals surface area (Å²) in [7, 11) is 0. The van der Waals surface area contributed by atoms with Gasteiger partial charge in [-0.15, -0.1) is 0 Å². The Morgan fingerprint density at radius 2 is 1.60 bits per heavy atom. The van der Waals surface area contributed by atoms with E-state index in [0.29, 0.717) is 5.02 Å². The van der Waals surface area contributed by atoms with Crippen molar-refractivity contribution in [2.75, 3.05) is 4.90 Å². The van der Waals surface area contributed by atoms with Crippen molar-refractivity contribution in [3.63, 3.8) is 0 Å². The first-order valence-electron chi connectivity index (χ1n) is 9.97. The number of hydrogen-bond donors (Lipinski definition) is 3. The van der Waals surface area contributed by atoms with E-state index in [1.54, 1.807) is 0 Å². The second-order valence-electron chi connectivity index (χ2n) is 7.53. The predicted molar refractivity (Wildman–Crippen MR) is 124 cm³/mol. The number of nitro benzene ring substituents is 1. The Balaban J connectivity index is 1.96. The number of aromatic carboxylic acids is 1. The van der Waals surface area contributed by atoms with Crippen molar-refractivity contribution in [3.05, 3.63) is 104 Å². The molecule has 0 radical (unpaired) electrons. The molecule has 1 saturated heterocycles. The lowest BCUT2D eigenvalue weighted by Crippen LogP contribution is -2.29.